The zero-order valence-corrected chi connectivity index (χ0v) is 20.6. The Morgan fingerprint density at radius 2 is 1.44 bits per heavy atom. The molecule has 0 heterocycles. The molecule has 0 aromatic heterocycles. The largest absolute Gasteiger partial charge is 0.324 e. The minimum Gasteiger partial charge on any atom is -0.324 e. The molecule has 0 aliphatic rings. The van der Waals surface area contributed by atoms with Gasteiger partial charge in [-0.05, 0) is 81.5 Å². The van der Waals surface area contributed by atoms with Crippen molar-refractivity contribution in [1.82, 2.24) is 0 Å². The Bertz CT molecular complexity index is 1200. The van der Waals surface area contributed by atoms with Gasteiger partial charge < -0.3 is 5.32 Å². The second-order valence-electron chi connectivity index (χ2n) is 7.84. The zero-order valence-electron chi connectivity index (χ0n) is 19.0. The van der Waals surface area contributed by atoms with Crippen LogP contribution in [0.15, 0.2) is 70.5 Å². The summed E-state index contributed by atoms with van der Waals surface area (Å²) < 4.78 is 28.2. The molecule has 3 aromatic rings. The number of carbonyl (C=O) groups is 1. The fraction of sp³-hybridized carbons (Fsp3) is 0.240. The molecule has 0 fully saturated rings. The van der Waals surface area contributed by atoms with Gasteiger partial charge >= 0.3 is 0 Å². The fourth-order valence-electron chi connectivity index (χ4n) is 3.59. The first-order chi connectivity index (χ1) is 15.1. The topological polar surface area (TPSA) is 66.5 Å². The highest BCUT2D eigenvalue weighted by Crippen LogP contribution is 2.27. The van der Waals surface area contributed by atoms with Gasteiger partial charge in [-0.25, -0.2) is 8.42 Å². The summed E-state index contributed by atoms with van der Waals surface area (Å²) in [4.78, 5) is 14.1. The molecule has 0 bridgehead atoms. The number of carbonyl (C=O) groups excluding carboxylic acids is 1. The van der Waals surface area contributed by atoms with Crippen LogP contribution in [0.4, 0.5) is 11.4 Å². The van der Waals surface area contributed by atoms with Gasteiger partial charge in [-0.15, -0.1) is 11.8 Å². The van der Waals surface area contributed by atoms with E-state index in [0.29, 0.717) is 11.4 Å². The molecule has 0 spiro atoms. The molecule has 3 rings (SSSR count). The summed E-state index contributed by atoms with van der Waals surface area (Å²) in [6, 6.07) is 17.8. The van der Waals surface area contributed by atoms with E-state index in [4.69, 9.17) is 0 Å². The number of thioether (sulfide) groups is 1. The Morgan fingerprint density at radius 1 is 0.875 bits per heavy atom. The molecule has 0 aliphatic carbocycles. The normalized spacial score (nSPS) is 11.3. The van der Waals surface area contributed by atoms with Crippen molar-refractivity contribution in [1.29, 1.82) is 0 Å². The van der Waals surface area contributed by atoms with Crippen LogP contribution in [0.25, 0.3) is 0 Å². The number of benzene rings is 3. The van der Waals surface area contributed by atoms with Crippen LogP contribution in [0.1, 0.15) is 22.3 Å². The summed E-state index contributed by atoms with van der Waals surface area (Å²) in [5.74, 6) is -0.398. The third-order valence-electron chi connectivity index (χ3n) is 5.20. The van der Waals surface area contributed by atoms with Crippen LogP contribution in [0.2, 0.25) is 0 Å². The lowest BCUT2D eigenvalue weighted by Crippen LogP contribution is -2.38. The SMILES string of the molecule is CSc1ccc(S(=O)(=O)N(CC(=O)Nc2c(C)cc(C)cc2C)c2ccc(C)cc2)cc1. The smallest absolute Gasteiger partial charge is 0.264 e. The molecule has 5 nitrogen and oxygen atoms in total. The predicted molar refractivity (Wildman–Crippen MR) is 133 cm³/mol. The Kier molecular flexibility index (Phi) is 7.31. The maximum absolute atomic E-state index is 13.5. The Hall–Kier alpha value is -2.77. The molecular formula is C25H28N2O3S2. The quantitative estimate of drug-likeness (QED) is 0.467. The molecule has 7 heteroatoms. The molecule has 32 heavy (non-hydrogen) atoms. The molecule has 0 radical (unpaired) electrons. The zero-order chi connectivity index (χ0) is 23.5. The van der Waals surface area contributed by atoms with Crippen molar-refractivity contribution in [2.45, 2.75) is 37.5 Å². The van der Waals surface area contributed by atoms with Crippen molar-refractivity contribution in [3.8, 4) is 0 Å². The predicted octanol–water partition coefficient (Wildman–Crippen LogP) is 5.48. The number of sulfonamides is 1. The van der Waals surface area contributed by atoms with Crippen molar-refractivity contribution in [3.63, 3.8) is 0 Å². The first-order valence-electron chi connectivity index (χ1n) is 10.2. The number of rotatable bonds is 7. The van der Waals surface area contributed by atoms with E-state index >= 15 is 0 Å². The van der Waals surface area contributed by atoms with Gasteiger partial charge in [0.05, 0.1) is 10.6 Å². The Morgan fingerprint density at radius 3 is 1.97 bits per heavy atom. The van der Waals surface area contributed by atoms with Gasteiger partial charge in [0.25, 0.3) is 10.0 Å². The molecular weight excluding hydrogens is 440 g/mol. The second-order valence-corrected chi connectivity index (χ2v) is 10.6. The Labute approximate surface area is 194 Å². The van der Waals surface area contributed by atoms with Gasteiger partial charge in [-0.2, -0.15) is 0 Å². The first kappa shape index (κ1) is 23.9. The van der Waals surface area contributed by atoms with Gasteiger partial charge in [-0.3, -0.25) is 9.10 Å². The lowest BCUT2D eigenvalue weighted by atomic mass is 10.1. The summed E-state index contributed by atoms with van der Waals surface area (Å²) >= 11 is 1.54. The number of anilines is 2. The van der Waals surface area contributed by atoms with Crippen LogP contribution in [-0.2, 0) is 14.8 Å². The number of amides is 1. The number of nitrogens with one attached hydrogen (secondary N) is 1. The van der Waals surface area contributed by atoms with Crippen LogP contribution in [0, 0.1) is 27.7 Å². The highest BCUT2D eigenvalue weighted by atomic mass is 32.2. The summed E-state index contributed by atoms with van der Waals surface area (Å²) in [6.45, 7) is 7.45. The van der Waals surface area contributed by atoms with Crippen LogP contribution < -0.4 is 9.62 Å². The van der Waals surface area contributed by atoms with Crippen LogP contribution in [-0.4, -0.2) is 27.1 Å². The lowest BCUT2D eigenvalue weighted by molar-refractivity contribution is -0.114. The average molecular weight is 469 g/mol. The van der Waals surface area contributed by atoms with Gasteiger partial charge in [0.2, 0.25) is 5.91 Å². The summed E-state index contributed by atoms with van der Waals surface area (Å²) in [5, 5.41) is 2.91. The van der Waals surface area contributed by atoms with E-state index in [9.17, 15) is 13.2 Å². The van der Waals surface area contributed by atoms with E-state index in [1.807, 2.05) is 58.2 Å². The molecule has 168 valence electrons. The number of hydrogen-bond acceptors (Lipinski definition) is 4. The molecule has 0 unspecified atom stereocenters. The summed E-state index contributed by atoms with van der Waals surface area (Å²) in [7, 11) is -3.94. The van der Waals surface area contributed by atoms with Crippen LogP contribution >= 0.6 is 11.8 Å². The summed E-state index contributed by atoms with van der Waals surface area (Å²) in [6.07, 6.45) is 1.93. The minimum atomic E-state index is -3.94. The van der Waals surface area contributed by atoms with Gasteiger partial charge in [0.1, 0.15) is 6.54 Å². The molecule has 3 aromatic carbocycles. The van der Waals surface area contributed by atoms with Crippen molar-refractivity contribution < 1.29 is 13.2 Å². The first-order valence-corrected chi connectivity index (χ1v) is 12.9. The van der Waals surface area contributed by atoms with Crippen LogP contribution in [0.3, 0.4) is 0 Å². The highest BCUT2D eigenvalue weighted by molar-refractivity contribution is 7.98. The van der Waals surface area contributed by atoms with Gasteiger partial charge in [0, 0.05) is 10.6 Å². The lowest BCUT2D eigenvalue weighted by Gasteiger charge is -2.25. The number of aryl methyl sites for hydroxylation is 4. The molecule has 1 amide bonds. The Balaban J connectivity index is 1.96. The third kappa shape index (κ3) is 5.34. The van der Waals surface area contributed by atoms with Gasteiger partial charge in [-0.1, -0.05) is 35.4 Å². The summed E-state index contributed by atoms with van der Waals surface area (Å²) in [5.41, 5.74) is 5.14. The maximum atomic E-state index is 13.5. The van der Waals surface area contributed by atoms with Crippen molar-refractivity contribution in [2.24, 2.45) is 0 Å². The average Bonchev–Trinajstić information content (AvgIpc) is 2.75. The number of hydrogen-bond donors (Lipinski definition) is 1. The highest BCUT2D eigenvalue weighted by Gasteiger charge is 2.27. The van der Waals surface area contributed by atoms with E-state index in [2.05, 4.69) is 5.32 Å². The monoisotopic (exact) mass is 468 g/mol. The van der Waals surface area contributed by atoms with Crippen molar-refractivity contribution in [3.05, 3.63) is 82.9 Å². The van der Waals surface area contributed by atoms with E-state index in [1.165, 1.54) is 11.8 Å². The van der Waals surface area contributed by atoms with E-state index in [1.54, 1.807) is 36.4 Å². The molecule has 0 aliphatic heterocycles. The van der Waals surface area contributed by atoms with Crippen molar-refractivity contribution >= 4 is 39.1 Å². The molecule has 0 atom stereocenters. The third-order valence-corrected chi connectivity index (χ3v) is 7.73. The minimum absolute atomic E-state index is 0.145. The van der Waals surface area contributed by atoms with Crippen LogP contribution in [0.5, 0.6) is 0 Å². The number of nitrogens with zero attached hydrogens (tertiary/aromatic N) is 1. The second kappa shape index (κ2) is 9.79. The van der Waals surface area contributed by atoms with Crippen molar-refractivity contribution in [2.75, 3.05) is 22.4 Å². The van der Waals surface area contributed by atoms with E-state index in [0.717, 1.165) is 31.5 Å². The van der Waals surface area contributed by atoms with E-state index in [-0.39, 0.29) is 11.4 Å². The molecule has 0 saturated carbocycles. The maximum Gasteiger partial charge on any atom is 0.264 e. The fourth-order valence-corrected chi connectivity index (χ4v) is 5.42. The standard InChI is InChI=1S/C25H28N2O3S2/c1-17-6-8-21(9-7-17)27(32(29,30)23-12-10-22(31-5)11-13-23)16-24(28)26-25-19(3)14-18(2)15-20(25)4/h6-15H,16H2,1-5H3,(H,26,28). The molecule has 0 saturated heterocycles. The van der Waals surface area contributed by atoms with E-state index < -0.39 is 15.9 Å². The molecule has 1 N–H and O–H groups in total. The van der Waals surface area contributed by atoms with Gasteiger partial charge in [0.15, 0.2) is 0 Å².